The van der Waals surface area contributed by atoms with Crippen molar-refractivity contribution in [3.63, 3.8) is 0 Å². The van der Waals surface area contributed by atoms with Crippen LogP contribution in [0.15, 0.2) is 12.1 Å². The van der Waals surface area contributed by atoms with Crippen LogP contribution in [-0.4, -0.2) is 69.4 Å². The summed E-state index contributed by atoms with van der Waals surface area (Å²) in [6, 6.07) is 3.03. The molecule has 3 aliphatic rings. The number of benzene rings is 1. The fourth-order valence-electron chi connectivity index (χ4n) is 4.44. The van der Waals surface area contributed by atoms with E-state index in [1.54, 1.807) is 27.4 Å². The molecular weight excluding hydrogens is 378 g/mol. The number of carbonyl (C=O) groups excluding carboxylic acids is 3. The van der Waals surface area contributed by atoms with Gasteiger partial charge >= 0.3 is 0 Å². The standard InChI is InChI=1S/C20H25N3O6/c1-27-17-13-10-23(15-6-7-16(24)21-18(15)25)19(26)12(13)4-5-14(17)22-8-11(9-22)20(28-2)29-3/h4-5,11,15,20H,6-10H2,1-3H3,(H,21,24,25). The van der Waals surface area contributed by atoms with Crippen LogP contribution in [0.2, 0.25) is 0 Å². The van der Waals surface area contributed by atoms with Crippen molar-refractivity contribution < 1.29 is 28.6 Å². The number of fused-ring (bicyclic) bond motifs is 1. The molecule has 0 aliphatic carbocycles. The van der Waals surface area contributed by atoms with Gasteiger partial charge < -0.3 is 24.0 Å². The fourth-order valence-corrected chi connectivity index (χ4v) is 4.44. The summed E-state index contributed by atoms with van der Waals surface area (Å²) < 4.78 is 16.4. The molecule has 4 rings (SSSR count). The van der Waals surface area contributed by atoms with Crippen LogP contribution >= 0.6 is 0 Å². The smallest absolute Gasteiger partial charge is 0.255 e. The molecule has 0 aromatic heterocycles. The van der Waals surface area contributed by atoms with Crippen molar-refractivity contribution in [3.05, 3.63) is 23.3 Å². The Morgan fingerprint density at radius 1 is 1.10 bits per heavy atom. The average Bonchev–Trinajstić information content (AvgIpc) is 3.00. The maximum atomic E-state index is 12.9. The number of hydrogen-bond donors (Lipinski definition) is 1. The molecule has 1 N–H and O–H groups in total. The van der Waals surface area contributed by atoms with Crippen molar-refractivity contribution >= 4 is 23.4 Å². The normalized spacial score (nSPS) is 22.1. The van der Waals surface area contributed by atoms with Crippen LogP contribution in [0.5, 0.6) is 5.75 Å². The van der Waals surface area contributed by atoms with E-state index in [0.717, 1.165) is 24.3 Å². The summed E-state index contributed by atoms with van der Waals surface area (Å²) in [5, 5.41) is 2.32. The van der Waals surface area contributed by atoms with Gasteiger partial charge in [0.1, 0.15) is 11.8 Å². The van der Waals surface area contributed by atoms with E-state index in [2.05, 4.69) is 10.2 Å². The minimum Gasteiger partial charge on any atom is -0.494 e. The van der Waals surface area contributed by atoms with Crippen LogP contribution in [0.4, 0.5) is 5.69 Å². The Bertz CT molecular complexity index is 847. The van der Waals surface area contributed by atoms with E-state index in [1.807, 2.05) is 6.07 Å². The van der Waals surface area contributed by atoms with Crippen LogP contribution in [0, 0.1) is 5.92 Å². The zero-order valence-corrected chi connectivity index (χ0v) is 16.8. The molecule has 156 valence electrons. The molecule has 1 aromatic carbocycles. The number of piperidine rings is 1. The van der Waals surface area contributed by atoms with E-state index < -0.39 is 11.9 Å². The molecule has 0 spiro atoms. The van der Waals surface area contributed by atoms with Crippen LogP contribution in [0.25, 0.3) is 0 Å². The highest BCUT2D eigenvalue weighted by atomic mass is 16.7. The third kappa shape index (κ3) is 3.24. The first-order valence-electron chi connectivity index (χ1n) is 9.63. The lowest BCUT2D eigenvalue weighted by atomic mass is 9.96. The fraction of sp³-hybridized carbons (Fsp3) is 0.550. The predicted octanol–water partition coefficient (Wildman–Crippen LogP) is 0.511. The highest BCUT2D eigenvalue weighted by Crippen LogP contribution is 2.42. The Morgan fingerprint density at radius 2 is 1.83 bits per heavy atom. The number of nitrogens with zero attached hydrogens (tertiary/aromatic N) is 2. The first-order valence-corrected chi connectivity index (χ1v) is 9.63. The van der Waals surface area contributed by atoms with Crippen LogP contribution in [0.1, 0.15) is 28.8 Å². The summed E-state index contributed by atoms with van der Waals surface area (Å²) in [6.07, 6.45) is 0.313. The number of nitrogens with one attached hydrogen (secondary N) is 1. The molecule has 0 saturated carbocycles. The van der Waals surface area contributed by atoms with Gasteiger partial charge in [-0.05, 0) is 18.6 Å². The van der Waals surface area contributed by atoms with Crippen molar-refractivity contribution in [2.24, 2.45) is 5.92 Å². The second kappa shape index (κ2) is 7.64. The molecule has 3 amide bonds. The molecule has 2 fully saturated rings. The summed E-state index contributed by atoms with van der Waals surface area (Å²) in [6.45, 7) is 1.80. The van der Waals surface area contributed by atoms with Crippen molar-refractivity contribution in [2.75, 3.05) is 39.3 Å². The second-order valence-electron chi connectivity index (χ2n) is 7.55. The second-order valence-corrected chi connectivity index (χ2v) is 7.55. The summed E-state index contributed by atoms with van der Waals surface area (Å²) in [4.78, 5) is 40.3. The van der Waals surface area contributed by atoms with Gasteiger partial charge in [0.15, 0.2) is 6.29 Å². The van der Waals surface area contributed by atoms with Crippen molar-refractivity contribution in [2.45, 2.75) is 31.7 Å². The molecule has 0 bridgehead atoms. The van der Waals surface area contributed by atoms with Crippen molar-refractivity contribution in [1.29, 1.82) is 0 Å². The summed E-state index contributed by atoms with van der Waals surface area (Å²) >= 11 is 0. The van der Waals surface area contributed by atoms with E-state index in [0.29, 0.717) is 17.7 Å². The summed E-state index contributed by atoms with van der Waals surface area (Å²) in [7, 11) is 4.84. The summed E-state index contributed by atoms with van der Waals surface area (Å²) in [5.41, 5.74) is 2.23. The quantitative estimate of drug-likeness (QED) is 0.546. The topological polar surface area (TPSA) is 97.4 Å². The average molecular weight is 403 g/mol. The Kier molecular flexibility index (Phi) is 5.18. The number of methoxy groups -OCH3 is 3. The number of ether oxygens (including phenoxy) is 3. The van der Waals surface area contributed by atoms with Gasteiger partial charge in [0.25, 0.3) is 5.91 Å². The molecule has 1 atom stereocenters. The minimum atomic E-state index is -0.640. The highest BCUT2D eigenvalue weighted by molar-refractivity contribution is 6.06. The first kappa shape index (κ1) is 19.7. The lowest BCUT2D eigenvalue weighted by Gasteiger charge is -2.44. The maximum Gasteiger partial charge on any atom is 0.255 e. The van der Waals surface area contributed by atoms with E-state index >= 15 is 0 Å². The SMILES string of the molecule is COc1c(N2CC(C(OC)OC)C2)ccc2c1CN(C1CCC(=O)NC1=O)C2=O. The van der Waals surface area contributed by atoms with E-state index in [1.165, 1.54) is 4.90 Å². The lowest BCUT2D eigenvalue weighted by molar-refractivity contribution is -0.142. The Labute approximate surface area is 168 Å². The van der Waals surface area contributed by atoms with Gasteiger partial charge in [0.05, 0.1) is 19.3 Å². The van der Waals surface area contributed by atoms with Gasteiger partial charge in [-0.1, -0.05) is 0 Å². The van der Waals surface area contributed by atoms with Gasteiger partial charge in [-0.15, -0.1) is 0 Å². The van der Waals surface area contributed by atoms with Crippen LogP contribution < -0.4 is 15.0 Å². The maximum absolute atomic E-state index is 12.9. The van der Waals surface area contributed by atoms with Crippen molar-refractivity contribution in [3.8, 4) is 5.75 Å². The number of anilines is 1. The van der Waals surface area contributed by atoms with Gasteiger partial charge in [-0.3, -0.25) is 19.7 Å². The highest BCUT2D eigenvalue weighted by Gasteiger charge is 2.42. The molecule has 1 aromatic rings. The molecule has 0 radical (unpaired) electrons. The predicted molar refractivity (Wildman–Crippen MR) is 103 cm³/mol. The number of amides is 3. The Morgan fingerprint density at radius 3 is 2.45 bits per heavy atom. The zero-order valence-electron chi connectivity index (χ0n) is 16.8. The van der Waals surface area contributed by atoms with Gasteiger partial charge in [-0.25, -0.2) is 0 Å². The molecule has 29 heavy (non-hydrogen) atoms. The van der Waals surface area contributed by atoms with Gasteiger partial charge in [0.2, 0.25) is 11.8 Å². The molecule has 1 unspecified atom stereocenters. The van der Waals surface area contributed by atoms with Crippen LogP contribution in [-0.2, 0) is 25.6 Å². The molecule has 9 heteroatoms. The lowest BCUT2D eigenvalue weighted by Crippen LogP contribution is -2.53. The molecular formula is C20H25N3O6. The minimum absolute atomic E-state index is 0.209. The van der Waals surface area contributed by atoms with Gasteiger partial charge in [-0.2, -0.15) is 0 Å². The number of carbonyl (C=O) groups is 3. The van der Waals surface area contributed by atoms with E-state index in [4.69, 9.17) is 14.2 Å². The number of rotatable bonds is 6. The summed E-state index contributed by atoms with van der Waals surface area (Å²) in [5.74, 6) is -0.0231. The Balaban J connectivity index is 1.55. The number of imide groups is 1. The van der Waals surface area contributed by atoms with Crippen molar-refractivity contribution in [1.82, 2.24) is 10.2 Å². The van der Waals surface area contributed by atoms with Crippen LogP contribution in [0.3, 0.4) is 0 Å². The third-order valence-electron chi connectivity index (χ3n) is 5.95. The third-order valence-corrected chi connectivity index (χ3v) is 5.95. The molecule has 2 saturated heterocycles. The van der Waals surface area contributed by atoms with E-state index in [9.17, 15) is 14.4 Å². The monoisotopic (exact) mass is 403 g/mol. The Hall–Kier alpha value is -2.65. The number of hydrogen-bond acceptors (Lipinski definition) is 7. The molecule has 9 nitrogen and oxygen atoms in total. The zero-order chi connectivity index (χ0) is 20.7. The molecule has 3 aliphatic heterocycles. The largest absolute Gasteiger partial charge is 0.494 e. The first-order chi connectivity index (χ1) is 14.0. The molecule has 3 heterocycles. The van der Waals surface area contributed by atoms with E-state index in [-0.39, 0.29) is 37.0 Å². The van der Waals surface area contributed by atoms with Gasteiger partial charge in [0, 0.05) is 50.8 Å².